The lowest BCUT2D eigenvalue weighted by molar-refractivity contribution is -0.126. The lowest BCUT2D eigenvalue weighted by atomic mass is 10.1. The number of nitrogens with zero attached hydrogens (tertiary/aromatic N) is 4. The molecule has 1 aromatic carbocycles. The molecule has 154 valence electrons. The highest BCUT2D eigenvalue weighted by atomic mass is 32.1. The van der Waals surface area contributed by atoms with Crippen molar-refractivity contribution in [2.75, 3.05) is 11.4 Å². The van der Waals surface area contributed by atoms with Gasteiger partial charge in [-0.05, 0) is 45.9 Å². The summed E-state index contributed by atoms with van der Waals surface area (Å²) in [6, 6.07) is 8.05. The first-order valence-electron chi connectivity index (χ1n) is 9.63. The number of hydrogen-bond donors (Lipinski definition) is 0. The molecular weight excluding hydrogens is 400 g/mol. The van der Waals surface area contributed by atoms with Gasteiger partial charge in [0.15, 0.2) is 10.9 Å². The van der Waals surface area contributed by atoms with Crippen molar-refractivity contribution >= 4 is 34.7 Å². The first kappa shape index (κ1) is 20.0. The van der Waals surface area contributed by atoms with Gasteiger partial charge in [0, 0.05) is 34.2 Å². The summed E-state index contributed by atoms with van der Waals surface area (Å²) in [6.45, 7) is 7.09. The number of thiazole rings is 1. The second-order valence-corrected chi connectivity index (χ2v) is 8.32. The van der Waals surface area contributed by atoms with Crippen LogP contribution in [0.5, 0.6) is 0 Å². The van der Waals surface area contributed by atoms with E-state index in [1.807, 2.05) is 55.0 Å². The van der Waals surface area contributed by atoms with Crippen LogP contribution in [0.15, 0.2) is 41.9 Å². The van der Waals surface area contributed by atoms with E-state index in [0.29, 0.717) is 11.3 Å². The number of benzene rings is 1. The number of ketones is 1. The van der Waals surface area contributed by atoms with Crippen LogP contribution in [0.4, 0.5) is 10.5 Å². The number of urea groups is 1. The summed E-state index contributed by atoms with van der Waals surface area (Å²) in [5.74, 6) is -0.645. The summed E-state index contributed by atoms with van der Waals surface area (Å²) >= 11 is 1.48. The summed E-state index contributed by atoms with van der Waals surface area (Å²) in [6.07, 6.45) is 1.71. The molecule has 4 rings (SSSR count). The van der Waals surface area contributed by atoms with E-state index in [2.05, 4.69) is 4.98 Å². The van der Waals surface area contributed by atoms with E-state index in [1.165, 1.54) is 16.2 Å². The second kappa shape index (κ2) is 7.53. The Bertz CT molecular complexity index is 1130. The third-order valence-electron chi connectivity index (χ3n) is 5.40. The standard InChI is InChI=1S/C22H22N4O3S/c1-13-5-7-17(8-6-13)26-16(4)20(28)24(22(26)29)12-19(27)18-11-14(2)25(15(18)3)21-23-9-10-30-21/h5-11,16H,12H2,1-4H3. The van der Waals surface area contributed by atoms with Crippen LogP contribution in [0.2, 0.25) is 0 Å². The zero-order valence-corrected chi connectivity index (χ0v) is 18.1. The lowest BCUT2D eigenvalue weighted by Gasteiger charge is -2.19. The molecule has 0 spiro atoms. The van der Waals surface area contributed by atoms with Crippen LogP contribution < -0.4 is 4.90 Å². The van der Waals surface area contributed by atoms with Gasteiger partial charge >= 0.3 is 6.03 Å². The minimum atomic E-state index is -0.657. The molecule has 0 bridgehead atoms. The number of rotatable bonds is 5. The van der Waals surface area contributed by atoms with Crippen LogP contribution in [0.3, 0.4) is 0 Å². The molecule has 3 amide bonds. The number of Topliss-reactive ketones (excluding diaryl/α,β-unsaturated/α-hetero) is 1. The third kappa shape index (κ3) is 3.23. The molecule has 1 saturated heterocycles. The van der Waals surface area contributed by atoms with Gasteiger partial charge in [-0.2, -0.15) is 0 Å². The van der Waals surface area contributed by atoms with E-state index in [9.17, 15) is 14.4 Å². The average Bonchev–Trinajstić information content (AvgIpc) is 3.38. The minimum absolute atomic E-state index is 0.273. The zero-order valence-electron chi connectivity index (χ0n) is 17.2. The number of aromatic nitrogens is 2. The van der Waals surface area contributed by atoms with Gasteiger partial charge in [-0.25, -0.2) is 9.78 Å². The Labute approximate surface area is 178 Å². The van der Waals surface area contributed by atoms with Crippen LogP contribution in [0.1, 0.15) is 34.2 Å². The van der Waals surface area contributed by atoms with Gasteiger partial charge in [0.05, 0.1) is 6.54 Å². The molecule has 1 aliphatic heterocycles. The Kier molecular flexibility index (Phi) is 5.03. The molecule has 1 fully saturated rings. The molecule has 8 heteroatoms. The van der Waals surface area contributed by atoms with Gasteiger partial charge in [0.25, 0.3) is 5.91 Å². The van der Waals surface area contributed by atoms with E-state index >= 15 is 0 Å². The van der Waals surface area contributed by atoms with Gasteiger partial charge in [-0.3, -0.25) is 24.0 Å². The third-order valence-corrected chi connectivity index (χ3v) is 6.16. The summed E-state index contributed by atoms with van der Waals surface area (Å²) < 4.78 is 1.91. The van der Waals surface area contributed by atoms with E-state index in [4.69, 9.17) is 0 Å². The molecule has 0 N–H and O–H groups in total. The van der Waals surface area contributed by atoms with E-state index in [-0.39, 0.29) is 18.2 Å². The van der Waals surface area contributed by atoms with Crippen molar-refractivity contribution in [2.45, 2.75) is 33.7 Å². The highest BCUT2D eigenvalue weighted by Crippen LogP contribution is 2.27. The first-order chi connectivity index (χ1) is 14.3. The maximum absolute atomic E-state index is 13.0. The lowest BCUT2D eigenvalue weighted by Crippen LogP contribution is -2.37. The molecule has 3 aromatic rings. The number of anilines is 1. The van der Waals surface area contributed by atoms with E-state index in [1.54, 1.807) is 19.2 Å². The topological polar surface area (TPSA) is 75.5 Å². The van der Waals surface area contributed by atoms with Crippen molar-refractivity contribution in [2.24, 2.45) is 0 Å². The van der Waals surface area contributed by atoms with Crippen LogP contribution in [0.25, 0.3) is 5.13 Å². The number of carbonyl (C=O) groups excluding carboxylic acids is 3. The molecule has 30 heavy (non-hydrogen) atoms. The van der Waals surface area contributed by atoms with Crippen molar-refractivity contribution < 1.29 is 14.4 Å². The minimum Gasteiger partial charge on any atom is -0.294 e. The monoisotopic (exact) mass is 422 g/mol. The van der Waals surface area contributed by atoms with Gasteiger partial charge in [-0.15, -0.1) is 11.3 Å². The number of aryl methyl sites for hydroxylation is 2. The number of hydrogen-bond acceptors (Lipinski definition) is 5. The number of carbonyl (C=O) groups is 3. The fourth-order valence-corrected chi connectivity index (χ4v) is 4.56. The molecule has 1 aliphatic rings. The first-order valence-corrected chi connectivity index (χ1v) is 10.5. The maximum atomic E-state index is 13.0. The van der Waals surface area contributed by atoms with Gasteiger partial charge in [0.2, 0.25) is 0 Å². The van der Waals surface area contributed by atoms with Crippen molar-refractivity contribution in [3.63, 3.8) is 0 Å². The van der Waals surface area contributed by atoms with Crippen molar-refractivity contribution in [3.05, 3.63) is 64.4 Å². The summed E-state index contributed by atoms with van der Waals surface area (Å²) in [7, 11) is 0. The molecule has 7 nitrogen and oxygen atoms in total. The van der Waals surface area contributed by atoms with Crippen LogP contribution in [-0.4, -0.2) is 44.8 Å². The van der Waals surface area contributed by atoms with Crippen LogP contribution in [0, 0.1) is 20.8 Å². The van der Waals surface area contributed by atoms with Crippen LogP contribution in [-0.2, 0) is 4.79 Å². The predicted octanol–water partition coefficient (Wildman–Crippen LogP) is 3.90. The largest absolute Gasteiger partial charge is 0.332 e. The fraction of sp³-hybridized carbons (Fsp3) is 0.273. The molecule has 1 unspecified atom stereocenters. The molecule has 3 heterocycles. The van der Waals surface area contributed by atoms with Crippen LogP contribution >= 0.6 is 11.3 Å². The van der Waals surface area contributed by atoms with Crippen molar-refractivity contribution in [3.8, 4) is 5.13 Å². The quantitative estimate of drug-likeness (QED) is 0.462. The smallest absolute Gasteiger partial charge is 0.294 e. The highest BCUT2D eigenvalue weighted by molar-refractivity contribution is 7.12. The molecule has 0 radical (unpaired) electrons. The highest BCUT2D eigenvalue weighted by Gasteiger charge is 2.44. The summed E-state index contributed by atoms with van der Waals surface area (Å²) in [5, 5.41) is 2.65. The van der Waals surface area contributed by atoms with E-state index < -0.39 is 12.1 Å². The average molecular weight is 423 g/mol. The fourth-order valence-electron chi connectivity index (χ4n) is 3.81. The van der Waals surface area contributed by atoms with Gasteiger partial charge in [-0.1, -0.05) is 17.7 Å². The predicted molar refractivity (Wildman–Crippen MR) is 115 cm³/mol. The Morgan fingerprint density at radius 2 is 1.83 bits per heavy atom. The summed E-state index contributed by atoms with van der Waals surface area (Å²) in [5.41, 5.74) is 3.81. The Hall–Kier alpha value is -3.26. The second-order valence-electron chi connectivity index (χ2n) is 7.45. The number of imide groups is 1. The Balaban J connectivity index is 1.59. The normalized spacial score (nSPS) is 16.6. The summed E-state index contributed by atoms with van der Waals surface area (Å²) in [4.78, 5) is 45.6. The Morgan fingerprint density at radius 1 is 1.13 bits per heavy atom. The zero-order chi connectivity index (χ0) is 21.6. The Morgan fingerprint density at radius 3 is 2.47 bits per heavy atom. The number of amides is 3. The molecule has 2 aromatic heterocycles. The molecule has 1 atom stereocenters. The van der Waals surface area contributed by atoms with Crippen molar-refractivity contribution in [1.29, 1.82) is 0 Å². The molecule has 0 aliphatic carbocycles. The van der Waals surface area contributed by atoms with Crippen molar-refractivity contribution in [1.82, 2.24) is 14.5 Å². The molecular formula is C22H22N4O3S. The maximum Gasteiger partial charge on any atom is 0.332 e. The van der Waals surface area contributed by atoms with Gasteiger partial charge < -0.3 is 0 Å². The SMILES string of the molecule is Cc1ccc(N2C(=O)N(CC(=O)c3cc(C)n(-c4nccs4)c3C)C(=O)C2C)cc1. The van der Waals surface area contributed by atoms with Gasteiger partial charge in [0.1, 0.15) is 6.04 Å². The molecule has 0 saturated carbocycles. The van der Waals surface area contributed by atoms with E-state index in [0.717, 1.165) is 27.0 Å².